The number of carbonyl (C=O) groups is 3. The summed E-state index contributed by atoms with van der Waals surface area (Å²) in [5.74, 6) is -1.08. The van der Waals surface area contributed by atoms with Crippen LogP contribution in [-0.2, 0) is 28.6 Å². The monoisotopic (exact) mass is 989 g/mol. The molecule has 72 heavy (non-hydrogen) atoms. The second-order valence-electron chi connectivity index (χ2n) is 17.7. The third-order valence-corrected chi connectivity index (χ3v) is 11.0. The molecule has 0 aromatic carbocycles. The quantitative estimate of drug-likeness (QED) is 0.0262. The molecule has 1 atom stereocenters. The highest BCUT2D eigenvalue weighted by molar-refractivity contribution is 5.71. The van der Waals surface area contributed by atoms with Gasteiger partial charge in [-0.2, -0.15) is 0 Å². The van der Waals surface area contributed by atoms with Crippen molar-refractivity contribution in [2.75, 3.05) is 13.2 Å². The van der Waals surface area contributed by atoms with Gasteiger partial charge in [-0.05, 0) is 122 Å². The number of hydrogen-bond acceptors (Lipinski definition) is 6. The van der Waals surface area contributed by atoms with Gasteiger partial charge in [0.1, 0.15) is 13.2 Å². The van der Waals surface area contributed by atoms with Crippen molar-refractivity contribution in [2.24, 2.45) is 0 Å². The Labute approximate surface area is 441 Å². The summed E-state index contributed by atoms with van der Waals surface area (Å²) in [7, 11) is 0. The fourth-order valence-corrected chi connectivity index (χ4v) is 6.83. The van der Waals surface area contributed by atoms with E-state index in [0.29, 0.717) is 19.3 Å². The Balaban J connectivity index is 4.47. The average molecular weight is 990 g/mol. The van der Waals surface area contributed by atoms with Crippen LogP contribution in [0.25, 0.3) is 0 Å². The van der Waals surface area contributed by atoms with E-state index in [0.717, 1.165) is 122 Å². The molecule has 6 heteroatoms. The molecule has 0 aliphatic rings. The van der Waals surface area contributed by atoms with Crippen LogP contribution in [0, 0.1) is 0 Å². The number of hydrogen-bond donors (Lipinski definition) is 0. The van der Waals surface area contributed by atoms with Crippen molar-refractivity contribution in [3.05, 3.63) is 170 Å². The molecule has 0 radical (unpaired) electrons. The normalized spacial score (nSPS) is 13.4. The number of rotatable bonds is 48. The lowest BCUT2D eigenvalue weighted by molar-refractivity contribution is -0.166. The number of allylic oxidation sites excluding steroid dienone is 28. The van der Waals surface area contributed by atoms with Gasteiger partial charge in [0.25, 0.3) is 0 Å². The molecule has 0 heterocycles. The van der Waals surface area contributed by atoms with Crippen LogP contribution in [0.2, 0.25) is 0 Å². The largest absolute Gasteiger partial charge is 0.462 e. The van der Waals surface area contributed by atoms with Crippen molar-refractivity contribution in [2.45, 2.75) is 213 Å². The highest BCUT2D eigenvalue weighted by atomic mass is 16.6. The van der Waals surface area contributed by atoms with Gasteiger partial charge in [-0.3, -0.25) is 14.4 Å². The van der Waals surface area contributed by atoms with Crippen LogP contribution in [0.5, 0.6) is 0 Å². The molecule has 0 aromatic rings. The summed E-state index contributed by atoms with van der Waals surface area (Å²) in [6.45, 7) is 6.25. The van der Waals surface area contributed by atoms with E-state index >= 15 is 0 Å². The van der Waals surface area contributed by atoms with Crippen molar-refractivity contribution in [1.29, 1.82) is 0 Å². The van der Waals surface area contributed by atoms with Crippen molar-refractivity contribution < 1.29 is 28.6 Å². The average Bonchev–Trinajstić information content (AvgIpc) is 3.38. The summed E-state index contributed by atoms with van der Waals surface area (Å²) in [6, 6.07) is 0. The molecule has 0 spiro atoms. The van der Waals surface area contributed by atoms with Crippen LogP contribution < -0.4 is 0 Å². The maximum absolute atomic E-state index is 12.8. The minimum absolute atomic E-state index is 0.130. The molecule has 6 nitrogen and oxygen atoms in total. The predicted molar refractivity (Wildman–Crippen MR) is 311 cm³/mol. The summed E-state index contributed by atoms with van der Waals surface area (Å²) in [5, 5.41) is 0. The fourth-order valence-electron chi connectivity index (χ4n) is 6.83. The van der Waals surface area contributed by atoms with E-state index in [1.54, 1.807) is 0 Å². The van der Waals surface area contributed by atoms with Gasteiger partial charge in [0, 0.05) is 19.3 Å². The van der Waals surface area contributed by atoms with Crippen molar-refractivity contribution >= 4 is 17.9 Å². The molecule has 0 N–H and O–H groups in total. The molecule has 0 aliphatic heterocycles. The summed E-state index contributed by atoms with van der Waals surface area (Å²) < 4.78 is 16.7. The maximum Gasteiger partial charge on any atom is 0.306 e. The van der Waals surface area contributed by atoms with Gasteiger partial charge < -0.3 is 14.2 Å². The van der Waals surface area contributed by atoms with E-state index in [2.05, 4.69) is 179 Å². The van der Waals surface area contributed by atoms with Crippen LogP contribution >= 0.6 is 0 Å². The zero-order valence-electron chi connectivity index (χ0n) is 45.6. The second kappa shape index (κ2) is 58.3. The molecule has 0 saturated carbocycles. The minimum Gasteiger partial charge on any atom is -0.462 e. The zero-order chi connectivity index (χ0) is 52.2. The molecular weight excluding hydrogens is 889 g/mol. The van der Waals surface area contributed by atoms with Gasteiger partial charge in [0.05, 0.1) is 0 Å². The minimum atomic E-state index is -0.843. The van der Waals surface area contributed by atoms with Crippen LogP contribution in [0.15, 0.2) is 170 Å². The molecule has 0 rings (SSSR count). The Morgan fingerprint density at radius 2 is 0.569 bits per heavy atom. The molecule has 0 fully saturated rings. The van der Waals surface area contributed by atoms with Gasteiger partial charge in [-0.25, -0.2) is 0 Å². The van der Waals surface area contributed by atoms with Gasteiger partial charge >= 0.3 is 17.9 Å². The van der Waals surface area contributed by atoms with Gasteiger partial charge in [-0.1, -0.05) is 236 Å². The number of esters is 3. The topological polar surface area (TPSA) is 78.9 Å². The van der Waals surface area contributed by atoms with E-state index in [4.69, 9.17) is 14.2 Å². The Bertz CT molecular complexity index is 1700. The smallest absolute Gasteiger partial charge is 0.306 e. The van der Waals surface area contributed by atoms with Crippen molar-refractivity contribution in [3.8, 4) is 0 Å². The van der Waals surface area contributed by atoms with E-state index in [-0.39, 0.29) is 38.0 Å². The van der Waals surface area contributed by atoms with Gasteiger partial charge in [0.15, 0.2) is 6.10 Å². The van der Waals surface area contributed by atoms with Crippen LogP contribution in [0.3, 0.4) is 0 Å². The first-order valence-electron chi connectivity index (χ1n) is 28.1. The Morgan fingerprint density at radius 1 is 0.292 bits per heavy atom. The van der Waals surface area contributed by atoms with E-state index in [9.17, 15) is 14.4 Å². The maximum atomic E-state index is 12.8. The molecule has 1 unspecified atom stereocenters. The third kappa shape index (κ3) is 55.7. The van der Waals surface area contributed by atoms with Crippen LogP contribution in [-0.4, -0.2) is 37.2 Å². The number of carbonyl (C=O) groups excluding carboxylic acids is 3. The predicted octanol–water partition coefficient (Wildman–Crippen LogP) is 19.1. The molecular formula is C66H100O6. The first-order chi connectivity index (χ1) is 35.5. The number of unbranched alkanes of at least 4 members (excludes halogenated alkanes) is 9. The summed E-state index contributed by atoms with van der Waals surface area (Å²) in [6.07, 6.45) is 86.6. The zero-order valence-corrected chi connectivity index (χ0v) is 45.6. The molecule has 0 amide bonds. The Hall–Kier alpha value is -5.23. The molecule has 0 bridgehead atoms. The highest BCUT2D eigenvalue weighted by Gasteiger charge is 2.19. The molecule has 400 valence electrons. The summed E-state index contributed by atoms with van der Waals surface area (Å²) >= 11 is 0. The molecule has 0 aliphatic carbocycles. The lowest BCUT2D eigenvalue weighted by Crippen LogP contribution is -2.30. The standard InChI is InChI=1S/C66H100O6/c1-4-7-10-13-16-19-21-23-25-27-29-30-31-32-33-34-35-36-38-39-41-43-45-47-50-53-56-59-65(68)71-62-63(61-70-64(67)58-55-52-49-18-15-12-9-6-3)72-66(69)60-57-54-51-48-46-44-42-40-37-28-26-24-22-20-17-14-11-8-5-2/h7-8,10-11,16-17,19-20,23-26,29-30,32-33,35-37,39-41,44-47,51,54,63H,4-6,9,12-15,18,21-22,27-28,31,34,38,42-43,48-50,52-53,55-62H2,1-3H3/b10-7-,11-8-,19-16-,20-17-,25-23-,26-24-,30-29-,33-32-,36-35-,40-37-,41-39-,46-44-,47-45-,54-51-. The summed E-state index contributed by atoms with van der Waals surface area (Å²) in [4.78, 5) is 37.9. The van der Waals surface area contributed by atoms with Gasteiger partial charge in [0.2, 0.25) is 0 Å². The van der Waals surface area contributed by atoms with Crippen LogP contribution in [0.1, 0.15) is 207 Å². The van der Waals surface area contributed by atoms with E-state index < -0.39 is 12.1 Å². The van der Waals surface area contributed by atoms with E-state index in [1.807, 2.05) is 12.2 Å². The lowest BCUT2D eigenvalue weighted by atomic mass is 10.1. The Morgan fingerprint density at radius 3 is 0.903 bits per heavy atom. The number of ether oxygens (including phenoxy) is 3. The molecule has 0 saturated heterocycles. The third-order valence-electron chi connectivity index (χ3n) is 11.0. The lowest BCUT2D eigenvalue weighted by Gasteiger charge is -2.18. The van der Waals surface area contributed by atoms with Crippen molar-refractivity contribution in [3.63, 3.8) is 0 Å². The van der Waals surface area contributed by atoms with E-state index in [1.165, 1.54) is 32.1 Å². The summed E-state index contributed by atoms with van der Waals surface area (Å²) in [5.41, 5.74) is 0. The Kier molecular flexibility index (Phi) is 54.1. The molecule has 0 aromatic heterocycles. The highest BCUT2D eigenvalue weighted by Crippen LogP contribution is 2.12. The second-order valence-corrected chi connectivity index (χ2v) is 17.7. The first kappa shape index (κ1) is 66.8. The SMILES string of the molecule is CC/C=C\C/C=C\C/C=C\C/C=C\C/C=C\C/C=C\C/C=C\C/C=C\CCCCC(=O)OCC(COC(=O)CCCCCCCCCC)OC(=O)CC/C=C\C/C=C\C/C=C\C/C=C\C/C=C\C/C=C\CC. The van der Waals surface area contributed by atoms with Crippen molar-refractivity contribution in [1.82, 2.24) is 0 Å². The van der Waals surface area contributed by atoms with Crippen LogP contribution in [0.4, 0.5) is 0 Å². The fraction of sp³-hybridized carbons (Fsp3) is 0.530. The first-order valence-corrected chi connectivity index (χ1v) is 28.1. The van der Waals surface area contributed by atoms with Gasteiger partial charge in [-0.15, -0.1) is 0 Å².